The number of carbonyl (C=O) groups is 1. The standard InChI is InChI=1S/C23H20F2N4O3/c1-2-3-9-28-14-18(21(30)27-13-16-7-8-19(24)20(25)11-16)22(31)29(23(28)32)17-6-4-5-15(10-17)12-26/h4-8,10-11,14H,2-3,9,13H2,1H3,(H,27,30). The number of aromatic nitrogens is 2. The summed E-state index contributed by atoms with van der Waals surface area (Å²) < 4.78 is 28.6. The number of carbonyl (C=O) groups excluding carboxylic acids is 1. The zero-order valence-electron chi connectivity index (χ0n) is 17.3. The Hall–Kier alpha value is -4.06. The highest BCUT2D eigenvalue weighted by Crippen LogP contribution is 2.09. The number of halogens is 2. The molecule has 0 aliphatic heterocycles. The van der Waals surface area contributed by atoms with E-state index in [0.29, 0.717) is 12.0 Å². The molecule has 164 valence electrons. The van der Waals surface area contributed by atoms with Crippen molar-refractivity contribution < 1.29 is 13.6 Å². The maximum atomic E-state index is 13.4. The van der Waals surface area contributed by atoms with Crippen LogP contribution in [-0.2, 0) is 13.1 Å². The highest BCUT2D eigenvalue weighted by Gasteiger charge is 2.19. The zero-order chi connectivity index (χ0) is 23.3. The number of nitriles is 1. The average Bonchev–Trinajstić information content (AvgIpc) is 2.79. The zero-order valence-corrected chi connectivity index (χ0v) is 17.3. The van der Waals surface area contributed by atoms with Crippen molar-refractivity contribution in [1.82, 2.24) is 14.5 Å². The number of benzene rings is 2. The van der Waals surface area contributed by atoms with Crippen molar-refractivity contribution in [1.29, 1.82) is 5.26 Å². The number of aryl methyl sites for hydroxylation is 1. The molecule has 3 aromatic rings. The van der Waals surface area contributed by atoms with Crippen molar-refractivity contribution >= 4 is 5.91 Å². The Morgan fingerprint density at radius 3 is 2.59 bits per heavy atom. The van der Waals surface area contributed by atoms with Gasteiger partial charge in [-0.3, -0.25) is 14.2 Å². The van der Waals surface area contributed by atoms with Crippen LogP contribution in [-0.4, -0.2) is 15.0 Å². The summed E-state index contributed by atoms with van der Waals surface area (Å²) in [6, 6.07) is 11.1. The molecule has 0 saturated heterocycles. The number of unbranched alkanes of at least 4 members (excludes halogenated alkanes) is 1. The summed E-state index contributed by atoms with van der Waals surface area (Å²) in [4.78, 5) is 38.8. The van der Waals surface area contributed by atoms with Crippen LogP contribution in [0.25, 0.3) is 5.69 Å². The third-order valence-electron chi connectivity index (χ3n) is 4.82. The van der Waals surface area contributed by atoms with Gasteiger partial charge in [-0.1, -0.05) is 25.5 Å². The van der Waals surface area contributed by atoms with Crippen molar-refractivity contribution in [3.05, 3.63) is 97.8 Å². The van der Waals surface area contributed by atoms with Gasteiger partial charge in [0.25, 0.3) is 11.5 Å². The Bertz CT molecular complexity index is 1320. The lowest BCUT2D eigenvalue weighted by Crippen LogP contribution is -2.43. The van der Waals surface area contributed by atoms with E-state index in [9.17, 15) is 23.2 Å². The molecule has 2 aromatic carbocycles. The molecule has 0 spiro atoms. The first-order valence-corrected chi connectivity index (χ1v) is 9.95. The monoisotopic (exact) mass is 438 g/mol. The molecule has 0 unspecified atom stereocenters. The predicted octanol–water partition coefficient (Wildman–Crippen LogP) is 2.88. The highest BCUT2D eigenvalue weighted by molar-refractivity contribution is 5.93. The number of nitrogens with zero attached hydrogens (tertiary/aromatic N) is 3. The number of rotatable bonds is 7. The van der Waals surface area contributed by atoms with E-state index in [1.165, 1.54) is 41.1 Å². The maximum absolute atomic E-state index is 13.4. The molecule has 0 bridgehead atoms. The molecule has 1 amide bonds. The summed E-state index contributed by atoms with van der Waals surface area (Å²) in [6.07, 6.45) is 2.63. The molecule has 1 N–H and O–H groups in total. The second-order valence-electron chi connectivity index (χ2n) is 7.11. The fraction of sp³-hybridized carbons (Fsp3) is 0.217. The second-order valence-corrected chi connectivity index (χ2v) is 7.11. The number of hydrogen-bond acceptors (Lipinski definition) is 4. The molecule has 32 heavy (non-hydrogen) atoms. The van der Waals surface area contributed by atoms with Crippen LogP contribution in [0.1, 0.15) is 41.3 Å². The minimum absolute atomic E-state index is 0.145. The van der Waals surface area contributed by atoms with Gasteiger partial charge in [0.1, 0.15) is 5.56 Å². The van der Waals surface area contributed by atoms with E-state index in [4.69, 9.17) is 5.26 Å². The van der Waals surface area contributed by atoms with Crippen LogP contribution in [0.2, 0.25) is 0 Å². The van der Waals surface area contributed by atoms with Gasteiger partial charge in [-0.25, -0.2) is 18.1 Å². The first-order valence-electron chi connectivity index (χ1n) is 9.95. The van der Waals surface area contributed by atoms with E-state index >= 15 is 0 Å². The molecule has 0 radical (unpaired) electrons. The Labute approximate surface area is 182 Å². The molecule has 1 aromatic heterocycles. The van der Waals surface area contributed by atoms with E-state index in [0.717, 1.165) is 23.1 Å². The Kier molecular flexibility index (Phi) is 6.95. The summed E-state index contributed by atoms with van der Waals surface area (Å²) in [5.41, 5.74) is -1.04. The number of nitrogens with one attached hydrogen (secondary N) is 1. The molecule has 0 atom stereocenters. The van der Waals surface area contributed by atoms with E-state index in [1.807, 2.05) is 13.0 Å². The molecule has 9 heteroatoms. The van der Waals surface area contributed by atoms with Crippen LogP contribution >= 0.6 is 0 Å². The normalized spacial score (nSPS) is 10.6. The fourth-order valence-corrected chi connectivity index (χ4v) is 3.12. The second kappa shape index (κ2) is 9.83. The van der Waals surface area contributed by atoms with Crippen LogP contribution in [0, 0.1) is 23.0 Å². The summed E-state index contributed by atoms with van der Waals surface area (Å²) in [6.45, 7) is 2.08. The maximum Gasteiger partial charge on any atom is 0.335 e. The molecule has 0 saturated carbocycles. The third kappa shape index (κ3) is 4.81. The van der Waals surface area contributed by atoms with Crippen molar-refractivity contribution in [2.45, 2.75) is 32.9 Å². The third-order valence-corrected chi connectivity index (χ3v) is 4.82. The molecule has 0 fully saturated rings. The molecular formula is C23H20F2N4O3. The quantitative estimate of drug-likeness (QED) is 0.614. The molecule has 1 heterocycles. The minimum Gasteiger partial charge on any atom is -0.348 e. The molecule has 3 rings (SSSR count). The van der Waals surface area contributed by atoms with Crippen LogP contribution < -0.4 is 16.6 Å². The lowest BCUT2D eigenvalue weighted by molar-refractivity contribution is 0.0948. The molecule has 7 nitrogen and oxygen atoms in total. The Balaban J connectivity index is 2.03. The van der Waals surface area contributed by atoms with Gasteiger partial charge < -0.3 is 5.32 Å². The average molecular weight is 438 g/mol. The van der Waals surface area contributed by atoms with Crippen LogP contribution in [0.3, 0.4) is 0 Å². The van der Waals surface area contributed by atoms with E-state index in [2.05, 4.69) is 5.32 Å². The fourth-order valence-electron chi connectivity index (χ4n) is 3.12. The van der Waals surface area contributed by atoms with Crippen LogP contribution in [0.5, 0.6) is 0 Å². The predicted molar refractivity (Wildman–Crippen MR) is 113 cm³/mol. The van der Waals surface area contributed by atoms with Gasteiger partial charge in [0, 0.05) is 19.3 Å². The lowest BCUT2D eigenvalue weighted by Gasteiger charge is -2.13. The molecular weight excluding hydrogens is 418 g/mol. The highest BCUT2D eigenvalue weighted by atomic mass is 19.2. The lowest BCUT2D eigenvalue weighted by atomic mass is 10.2. The first kappa shape index (κ1) is 22.6. The van der Waals surface area contributed by atoms with Gasteiger partial charge in [0.05, 0.1) is 17.3 Å². The summed E-state index contributed by atoms with van der Waals surface area (Å²) >= 11 is 0. The van der Waals surface area contributed by atoms with E-state index in [-0.39, 0.29) is 29.9 Å². The van der Waals surface area contributed by atoms with Gasteiger partial charge in [0.2, 0.25) is 0 Å². The van der Waals surface area contributed by atoms with Gasteiger partial charge in [-0.2, -0.15) is 5.26 Å². The van der Waals surface area contributed by atoms with Crippen molar-refractivity contribution in [3.63, 3.8) is 0 Å². The Morgan fingerprint density at radius 1 is 1.12 bits per heavy atom. The summed E-state index contributed by atoms with van der Waals surface area (Å²) in [5, 5.41) is 11.6. The van der Waals surface area contributed by atoms with Gasteiger partial charge >= 0.3 is 5.69 Å². The minimum atomic E-state index is -1.05. The topological polar surface area (TPSA) is 96.9 Å². The SMILES string of the molecule is CCCCn1cc(C(=O)NCc2ccc(F)c(F)c2)c(=O)n(-c2cccc(C#N)c2)c1=O. The van der Waals surface area contributed by atoms with Gasteiger partial charge in [-0.15, -0.1) is 0 Å². The van der Waals surface area contributed by atoms with E-state index < -0.39 is 28.8 Å². The van der Waals surface area contributed by atoms with Gasteiger partial charge in [0.15, 0.2) is 11.6 Å². The smallest absolute Gasteiger partial charge is 0.335 e. The summed E-state index contributed by atoms with van der Waals surface area (Å²) in [5.74, 6) is -2.83. The largest absolute Gasteiger partial charge is 0.348 e. The summed E-state index contributed by atoms with van der Waals surface area (Å²) in [7, 11) is 0. The van der Waals surface area contributed by atoms with Crippen LogP contribution in [0.15, 0.2) is 58.3 Å². The van der Waals surface area contributed by atoms with Crippen molar-refractivity contribution in [2.75, 3.05) is 0 Å². The van der Waals surface area contributed by atoms with Crippen molar-refractivity contribution in [2.24, 2.45) is 0 Å². The molecule has 0 aliphatic rings. The first-order chi connectivity index (χ1) is 15.3. The molecule has 0 aliphatic carbocycles. The van der Waals surface area contributed by atoms with Crippen molar-refractivity contribution in [3.8, 4) is 11.8 Å². The van der Waals surface area contributed by atoms with E-state index in [1.54, 1.807) is 0 Å². The Morgan fingerprint density at radius 2 is 1.91 bits per heavy atom. The number of amides is 1. The van der Waals surface area contributed by atoms with Gasteiger partial charge in [-0.05, 0) is 42.3 Å². The number of hydrogen-bond donors (Lipinski definition) is 1. The van der Waals surface area contributed by atoms with Crippen LogP contribution in [0.4, 0.5) is 8.78 Å².